The molecular weight excluding hydrogens is 242 g/mol. The van der Waals surface area contributed by atoms with Crippen LogP contribution >= 0.6 is 0 Å². The number of rotatable bonds is 3. The van der Waals surface area contributed by atoms with Crippen LogP contribution in [0.3, 0.4) is 0 Å². The maximum Gasteiger partial charge on any atom is 0.337 e. The number of nitrogens with zero attached hydrogens (tertiary/aromatic N) is 1. The number of hydrogen-bond acceptors (Lipinski definition) is 5. The van der Waals surface area contributed by atoms with Gasteiger partial charge in [0.15, 0.2) is 5.82 Å². The lowest BCUT2D eigenvalue weighted by Crippen LogP contribution is -2.03. The summed E-state index contributed by atoms with van der Waals surface area (Å²) in [5, 5.41) is 3.11. The zero-order chi connectivity index (χ0) is 13.8. The molecule has 1 heterocycles. The third kappa shape index (κ3) is 2.82. The zero-order valence-electron chi connectivity index (χ0n) is 10.8. The van der Waals surface area contributed by atoms with Crippen molar-refractivity contribution in [2.24, 2.45) is 0 Å². The first kappa shape index (κ1) is 12.9. The molecule has 2 aromatic rings. The van der Waals surface area contributed by atoms with E-state index in [1.807, 2.05) is 13.0 Å². The SMILES string of the molecule is COC(=O)c1ccc(Nc2nccc(C)c2N)cc1. The average molecular weight is 257 g/mol. The van der Waals surface area contributed by atoms with Gasteiger partial charge in [-0.05, 0) is 42.8 Å². The molecule has 0 saturated heterocycles. The molecule has 0 amide bonds. The summed E-state index contributed by atoms with van der Waals surface area (Å²) in [7, 11) is 1.35. The van der Waals surface area contributed by atoms with Crippen LogP contribution in [0.5, 0.6) is 0 Å². The number of carbonyl (C=O) groups excluding carboxylic acids is 1. The molecule has 3 N–H and O–H groups in total. The summed E-state index contributed by atoms with van der Waals surface area (Å²) in [5.41, 5.74) is 8.80. The highest BCUT2D eigenvalue weighted by atomic mass is 16.5. The Hall–Kier alpha value is -2.56. The van der Waals surface area contributed by atoms with Crippen LogP contribution in [0.25, 0.3) is 0 Å². The number of carbonyl (C=O) groups is 1. The van der Waals surface area contributed by atoms with Gasteiger partial charge in [0, 0.05) is 11.9 Å². The van der Waals surface area contributed by atoms with E-state index >= 15 is 0 Å². The number of anilines is 3. The van der Waals surface area contributed by atoms with Gasteiger partial charge in [0.05, 0.1) is 18.4 Å². The van der Waals surface area contributed by atoms with Crippen molar-refractivity contribution in [3.63, 3.8) is 0 Å². The van der Waals surface area contributed by atoms with Crippen molar-refractivity contribution in [2.75, 3.05) is 18.2 Å². The summed E-state index contributed by atoms with van der Waals surface area (Å²) in [6.07, 6.45) is 1.69. The number of benzene rings is 1. The van der Waals surface area contributed by atoms with Gasteiger partial charge in [-0.1, -0.05) is 0 Å². The third-order valence-electron chi connectivity index (χ3n) is 2.78. The molecule has 0 aliphatic carbocycles. The number of nitrogen functional groups attached to an aromatic ring is 1. The van der Waals surface area contributed by atoms with Crippen molar-refractivity contribution in [1.29, 1.82) is 0 Å². The molecule has 0 aliphatic heterocycles. The fraction of sp³-hybridized carbons (Fsp3) is 0.143. The van der Waals surface area contributed by atoms with Crippen molar-refractivity contribution in [3.8, 4) is 0 Å². The van der Waals surface area contributed by atoms with Gasteiger partial charge in [0.1, 0.15) is 0 Å². The summed E-state index contributed by atoms with van der Waals surface area (Å²) in [6, 6.07) is 8.76. The largest absolute Gasteiger partial charge is 0.465 e. The molecule has 98 valence electrons. The van der Waals surface area contributed by atoms with E-state index < -0.39 is 0 Å². The Balaban J connectivity index is 2.20. The van der Waals surface area contributed by atoms with Gasteiger partial charge >= 0.3 is 5.97 Å². The van der Waals surface area contributed by atoms with Gasteiger partial charge in [-0.2, -0.15) is 0 Å². The van der Waals surface area contributed by atoms with Crippen LogP contribution in [0.1, 0.15) is 15.9 Å². The quantitative estimate of drug-likeness (QED) is 0.826. The molecule has 0 spiro atoms. The van der Waals surface area contributed by atoms with Crippen molar-refractivity contribution in [1.82, 2.24) is 4.98 Å². The fourth-order valence-electron chi connectivity index (χ4n) is 1.61. The molecule has 2 rings (SSSR count). The van der Waals surface area contributed by atoms with E-state index in [1.165, 1.54) is 7.11 Å². The maximum absolute atomic E-state index is 11.3. The lowest BCUT2D eigenvalue weighted by atomic mass is 10.2. The van der Waals surface area contributed by atoms with E-state index in [2.05, 4.69) is 15.0 Å². The van der Waals surface area contributed by atoms with Crippen LogP contribution in [0.4, 0.5) is 17.2 Å². The van der Waals surface area contributed by atoms with E-state index in [0.29, 0.717) is 17.1 Å². The summed E-state index contributed by atoms with van der Waals surface area (Å²) >= 11 is 0. The zero-order valence-corrected chi connectivity index (χ0v) is 10.8. The second-order valence-corrected chi connectivity index (χ2v) is 4.08. The highest BCUT2D eigenvalue weighted by Gasteiger charge is 2.06. The molecular formula is C14H15N3O2. The van der Waals surface area contributed by atoms with Gasteiger partial charge < -0.3 is 15.8 Å². The minimum atomic E-state index is -0.361. The van der Waals surface area contributed by atoms with E-state index in [4.69, 9.17) is 5.73 Å². The maximum atomic E-state index is 11.3. The molecule has 1 aromatic carbocycles. The predicted molar refractivity (Wildman–Crippen MR) is 74.5 cm³/mol. The molecule has 19 heavy (non-hydrogen) atoms. The van der Waals surface area contributed by atoms with Gasteiger partial charge in [0.25, 0.3) is 0 Å². The number of aromatic nitrogens is 1. The number of aryl methyl sites for hydroxylation is 1. The first-order chi connectivity index (χ1) is 9.11. The molecule has 5 heteroatoms. The van der Waals surface area contributed by atoms with Gasteiger partial charge in [-0.15, -0.1) is 0 Å². The topological polar surface area (TPSA) is 77.2 Å². The van der Waals surface area contributed by atoms with E-state index in [-0.39, 0.29) is 5.97 Å². The minimum Gasteiger partial charge on any atom is -0.465 e. The van der Waals surface area contributed by atoms with Crippen LogP contribution in [-0.4, -0.2) is 18.1 Å². The van der Waals surface area contributed by atoms with Gasteiger partial charge in [0.2, 0.25) is 0 Å². The number of esters is 1. The standard InChI is InChI=1S/C14H15N3O2/c1-9-7-8-16-13(12(9)15)17-11-5-3-10(4-6-11)14(18)19-2/h3-8H,15H2,1-2H3,(H,16,17). The highest BCUT2D eigenvalue weighted by molar-refractivity contribution is 5.89. The molecule has 0 radical (unpaired) electrons. The Labute approximate surface area is 111 Å². The molecule has 0 atom stereocenters. The van der Waals surface area contributed by atoms with E-state index in [0.717, 1.165) is 11.3 Å². The number of hydrogen-bond donors (Lipinski definition) is 2. The summed E-state index contributed by atoms with van der Waals surface area (Å²) in [5.74, 6) is 0.241. The Morgan fingerprint density at radius 3 is 2.58 bits per heavy atom. The van der Waals surface area contributed by atoms with Gasteiger partial charge in [-0.3, -0.25) is 0 Å². The lowest BCUT2D eigenvalue weighted by Gasteiger charge is -2.10. The lowest BCUT2D eigenvalue weighted by molar-refractivity contribution is 0.0601. The third-order valence-corrected chi connectivity index (χ3v) is 2.78. The molecule has 1 aromatic heterocycles. The Kier molecular flexibility index (Phi) is 3.66. The van der Waals surface area contributed by atoms with Crippen LogP contribution < -0.4 is 11.1 Å². The Morgan fingerprint density at radius 2 is 1.95 bits per heavy atom. The number of nitrogens with one attached hydrogen (secondary N) is 1. The summed E-state index contributed by atoms with van der Waals surface area (Å²) in [4.78, 5) is 15.5. The smallest absolute Gasteiger partial charge is 0.337 e. The van der Waals surface area contributed by atoms with Gasteiger partial charge in [-0.25, -0.2) is 9.78 Å². The number of methoxy groups -OCH3 is 1. The average Bonchev–Trinajstić information content (AvgIpc) is 2.44. The van der Waals surface area contributed by atoms with Crippen LogP contribution in [0.15, 0.2) is 36.5 Å². The monoisotopic (exact) mass is 257 g/mol. The highest BCUT2D eigenvalue weighted by Crippen LogP contribution is 2.23. The van der Waals surface area contributed by atoms with Crippen molar-refractivity contribution >= 4 is 23.2 Å². The number of pyridine rings is 1. The Bertz CT molecular complexity index is 594. The second-order valence-electron chi connectivity index (χ2n) is 4.08. The minimum absolute atomic E-state index is 0.361. The van der Waals surface area contributed by atoms with E-state index in [1.54, 1.807) is 30.5 Å². The fourth-order valence-corrected chi connectivity index (χ4v) is 1.61. The first-order valence-corrected chi connectivity index (χ1v) is 5.78. The van der Waals surface area contributed by atoms with Crippen molar-refractivity contribution in [2.45, 2.75) is 6.92 Å². The van der Waals surface area contributed by atoms with Crippen molar-refractivity contribution in [3.05, 3.63) is 47.7 Å². The summed E-state index contributed by atoms with van der Waals surface area (Å²) in [6.45, 7) is 1.92. The summed E-state index contributed by atoms with van der Waals surface area (Å²) < 4.78 is 4.64. The molecule has 0 aliphatic rings. The first-order valence-electron chi connectivity index (χ1n) is 5.78. The second kappa shape index (κ2) is 5.39. The molecule has 5 nitrogen and oxygen atoms in total. The number of ether oxygens (including phenoxy) is 1. The van der Waals surface area contributed by atoms with Crippen LogP contribution in [0, 0.1) is 6.92 Å². The normalized spacial score (nSPS) is 10.0. The van der Waals surface area contributed by atoms with Crippen LogP contribution in [0.2, 0.25) is 0 Å². The molecule has 0 saturated carbocycles. The molecule has 0 unspecified atom stereocenters. The van der Waals surface area contributed by atoms with E-state index in [9.17, 15) is 4.79 Å². The molecule has 0 bridgehead atoms. The predicted octanol–water partition coefficient (Wildman–Crippen LogP) is 2.50. The molecule has 0 fully saturated rings. The van der Waals surface area contributed by atoms with Crippen molar-refractivity contribution < 1.29 is 9.53 Å². The van der Waals surface area contributed by atoms with Crippen LogP contribution in [-0.2, 0) is 4.74 Å². The number of nitrogens with two attached hydrogens (primary N) is 1. The Morgan fingerprint density at radius 1 is 1.26 bits per heavy atom.